The quantitative estimate of drug-likeness (QED) is 0.0236. The van der Waals surface area contributed by atoms with E-state index >= 15 is 0 Å². The summed E-state index contributed by atoms with van der Waals surface area (Å²) in [5.74, 6) is 2.00. The largest absolute Gasteiger partial charge is 0.480 e. The average molecular weight is 1780 g/mol. The summed E-state index contributed by atoms with van der Waals surface area (Å²) in [6, 6.07) is 49.6. The van der Waals surface area contributed by atoms with Gasteiger partial charge >= 0.3 is 5.97 Å². The maximum Gasteiger partial charge on any atom is 0.325 e. The van der Waals surface area contributed by atoms with Crippen molar-refractivity contribution in [2.24, 2.45) is 0 Å². The molecule has 0 radical (unpaired) electrons. The molecule has 1 amide bonds. The highest BCUT2D eigenvalue weighted by atomic mass is 35.5. The molecule has 131 heavy (non-hydrogen) atoms. The van der Waals surface area contributed by atoms with Gasteiger partial charge in [-0.2, -0.15) is 46.1 Å². The third kappa shape index (κ3) is 23.6. The van der Waals surface area contributed by atoms with E-state index in [0.29, 0.717) is 96.3 Å². The Morgan fingerprint density at radius 1 is 0.435 bits per heavy atom. The molecule has 0 saturated carbocycles. The highest BCUT2D eigenvalue weighted by Crippen LogP contribution is 2.31. The number of aliphatic carboxylic acids is 1. The van der Waals surface area contributed by atoms with Gasteiger partial charge in [-0.15, -0.1) is 12.4 Å². The lowest BCUT2D eigenvalue weighted by molar-refractivity contribution is -0.138. The lowest BCUT2D eigenvalue weighted by Gasteiger charge is -2.25. The smallest absolute Gasteiger partial charge is 0.325 e. The molecule has 15 aromatic rings. The van der Waals surface area contributed by atoms with Crippen molar-refractivity contribution >= 4 is 65.6 Å². The summed E-state index contributed by atoms with van der Waals surface area (Å²) in [6.07, 6.45) is 36.8. The maximum absolute atomic E-state index is 12.7. The number of ketones is 2. The van der Waals surface area contributed by atoms with E-state index in [1.54, 1.807) is 90.0 Å². The molecule has 0 spiro atoms. The number of carbonyl (C=O) groups is 4. The molecule has 0 bridgehead atoms. The second kappa shape index (κ2) is 42.4. The Bertz CT molecular complexity index is 6240. The molecule has 0 unspecified atom stereocenters. The first-order valence-corrected chi connectivity index (χ1v) is 43.3. The summed E-state index contributed by atoms with van der Waals surface area (Å²) in [7, 11) is 3.74. The van der Waals surface area contributed by atoms with Crippen LogP contribution >= 0.6 is 12.4 Å². The lowest BCUT2D eigenvalue weighted by Crippen LogP contribution is -2.38. The molecule has 36 heteroatoms. The number of amides is 1. The van der Waals surface area contributed by atoms with Crippen LogP contribution in [0.15, 0.2) is 232 Å². The van der Waals surface area contributed by atoms with Crippen molar-refractivity contribution < 1.29 is 24.3 Å². The van der Waals surface area contributed by atoms with Crippen molar-refractivity contribution in [2.75, 3.05) is 53.8 Å². The fraction of sp³-hybridized carbons (Fsp3) is 0.274. The van der Waals surface area contributed by atoms with Crippen molar-refractivity contribution in [3.05, 3.63) is 322 Å². The monoisotopic (exact) mass is 1770 g/mol. The second-order valence-electron chi connectivity index (χ2n) is 32.9. The zero-order valence-electron chi connectivity index (χ0n) is 72.4. The second-order valence-corrected chi connectivity index (χ2v) is 32.9. The zero-order chi connectivity index (χ0) is 89.1. The minimum Gasteiger partial charge on any atom is -0.480 e. The van der Waals surface area contributed by atoms with Crippen LogP contribution in [0.3, 0.4) is 0 Å². The maximum atomic E-state index is 12.7. The number of aromatic amines is 3. The normalized spacial score (nSPS) is 14.4. The minimum atomic E-state index is -0.928. The fourth-order valence-corrected chi connectivity index (χ4v) is 16.6. The number of fused-ring (bicyclic) bond motifs is 7. The molecule has 12 heterocycles. The number of carbonyl (C=O) groups excluding carboxylic acids is 3. The molecule has 5 aromatic carbocycles. The molecule has 0 fully saturated rings. The number of hydrogen-bond acceptors (Lipinski definition) is 28. The van der Waals surface area contributed by atoms with E-state index in [1.807, 2.05) is 43.5 Å². The number of rotatable bonds is 21. The number of allylic oxidation sites excluding steroid dienone is 1. The summed E-state index contributed by atoms with van der Waals surface area (Å²) in [6.45, 7) is 4.54. The lowest BCUT2D eigenvalue weighted by atomic mass is 10.1. The number of benzene rings is 5. The van der Waals surface area contributed by atoms with Gasteiger partial charge in [-0.05, 0) is 145 Å². The van der Waals surface area contributed by atoms with E-state index in [0.717, 1.165) is 135 Å². The van der Waals surface area contributed by atoms with Gasteiger partial charge in [0.05, 0.1) is 51.8 Å². The van der Waals surface area contributed by atoms with Gasteiger partial charge in [-0.1, -0.05) is 121 Å². The number of Topliss-reactive ketones (excluding diaryl/α,β-unsaturated/α-hetero) is 1. The first-order chi connectivity index (χ1) is 63.6. The molecule has 0 saturated heterocycles. The standard InChI is InChI=1S/C23H23N9O.C18H17N5O2.C18H20N4O.C16H15N5.C15H15N3O.C5H8N4.ClH/c33-22(31-7-5-20-21(13-31)28-30-27-20)14-32-8-6-19(29-32)17-11-24-23(25-12-17)26-18-9-15-3-1-2-4-16(15)10-18;24-17(25)11-23-6-5-16(22-23)14-9-19-18(20-10-14)21-15-7-12-3-1-2-4-13(12)8-15;1-22(2)8-7-17(23)15-11-19-18(20-12-15)21-16-9-13-5-3-4-6-14(13)10-16;1-2-4-12-8-14(7-11(12)3-1)20-16-17-9-13(10-18-16)15-5-6-19-21-15;1-10(19)13-8-16-15(17-9-13)18-14-6-11-4-2-3-5-12(11)7-14;1-2-6-3-5-4(1)7-9-8-5;/h1-4,6,8,11-12,18H,5,7,9-10,13-14H2,(H,24,25,26)(H,27,28,30);1-6,9-10,15H,7-8,11H2,(H,24,25)(H,19,20,21);3-8,11-12,16H,9-10H2,1-2H3,(H,19,20,21);1-6,9-10,14H,7-8H2,(H,19,21)(H,17,18,20);2-5,8-9,14H,6-7H2,1H3,(H,16,17,18);6H,1-3H2,(H,7,8,9);1H/b;;8-7+;;;;. The van der Waals surface area contributed by atoms with E-state index in [2.05, 4.69) is 254 Å². The van der Waals surface area contributed by atoms with Gasteiger partial charge in [0.2, 0.25) is 35.6 Å². The van der Waals surface area contributed by atoms with Crippen molar-refractivity contribution in [1.82, 2.24) is 126 Å². The van der Waals surface area contributed by atoms with Gasteiger partial charge in [0, 0.05) is 186 Å². The average Bonchev–Trinajstić information content (AvgIpc) is 1.72. The number of carboxylic acid groups (broad SMARTS) is 1. The number of nitrogens with one attached hydrogen (secondary N) is 9. The number of H-pyrrole nitrogens is 3. The predicted octanol–water partition coefficient (Wildman–Crippen LogP) is 10.5. The van der Waals surface area contributed by atoms with E-state index in [1.165, 1.54) is 73.3 Å². The number of nitrogens with zero attached hydrogens (tertiary/aromatic N) is 21. The number of halogens is 1. The third-order valence-corrected chi connectivity index (χ3v) is 23.2. The summed E-state index contributed by atoms with van der Waals surface area (Å²) >= 11 is 0. The number of hydrogen-bond donors (Lipinski definition) is 10. The van der Waals surface area contributed by atoms with Crippen LogP contribution in [0.1, 0.15) is 106 Å². The molecule has 0 atom stereocenters. The molecule has 35 nitrogen and oxygen atoms in total. The van der Waals surface area contributed by atoms with E-state index in [4.69, 9.17) is 5.11 Å². The van der Waals surface area contributed by atoms with E-state index in [9.17, 15) is 19.2 Å². The van der Waals surface area contributed by atoms with Crippen LogP contribution < -0.4 is 31.9 Å². The highest BCUT2D eigenvalue weighted by Gasteiger charge is 2.29. The molecule has 666 valence electrons. The number of carboxylic acids is 1. The SMILES string of the molecule is C1Cc2n[nH]nc2CN1.CC(=O)c1cnc(NC2Cc3ccccc3C2)nc1.CN(C)/C=C/C(=O)c1cnc(NC2Cc3ccccc3C2)nc1.Cl.O=C(Cn1ccc(-c2cnc(NC3Cc4ccccc4C3)nc2)n1)N1CCc2n[nH]nc2C1.O=C(O)Cn1ccc(-c2cnc(NC3Cc4ccccc4C3)nc2)n1.c1ccc2c(c1)CC(Nc1ncc(-c3ccn[nH]3)cn1)C2. The summed E-state index contributed by atoms with van der Waals surface area (Å²) in [5, 5.41) is 65.9. The molecular weight excluding hydrogens is 1680 g/mol. The highest BCUT2D eigenvalue weighted by molar-refractivity contribution is 6.04. The Morgan fingerprint density at radius 3 is 1.15 bits per heavy atom. The van der Waals surface area contributed by atoms with Crippen molar-refractivity contribution in [2.45, 2.75) is 140 Å². The van der Waals surface area contributed by atoms with Gasteiger partial charge in [0.1, 0.15) is 18.8 Å². The van der Waals surface area contributed by atoms with Gasteiger partial charge in [-0.3, -0.25) is 33.6 Å². The summed E-state index contributed by atoms with van der Waals surface area (Å²) in [4.78, 5) is 93.5. The van der Waals surface area contributed by atoms with Crippen LogP contribution in [0.2, 0.25) is 0 Å². The summed E-state index contributed by atoms with van der Waals surface area (Å²) in [5.41, 5.74) is 23.7. The fourth-order valence-electron chi connectivity index (χ4n) is 16.6. The molecule has 10 N–H and O–H groups in total. The Kier molecular flexibility index (Phi) is 28.8. The van der Waals surface area contributed by atoms with Crippen LogP contribution in [-0.4, -0.2) is 206 Å². The zero-order valence-corrected chi connectivity index (χ0v) is 73.3. The Hall–Kier alpha value is -15.5. The van der Waals surface area contributed by atoms with Crippen LogP contribution in [0, 0.1) is 0 Å². The molecule has 5 aliphatic carbocycles. The van der Waals surface area contributed by atoms with Gasteiger partial charge < -0.3 is 46.8 Å². The number of aromatic nitrogens is 22. The van der Waals surface area contributed by atoms with Crippen LogP contribution in [-0.2, 0) is 113 Å². The van der Waals surface area contributed by atoms with E-state index in [-0.39, 0.29) is 43.0 Å². The molecule has 7 aliphatic rings. The van der Waals surface area contributed by atoms with Gasteiger partial charge in [0.15, 0.2) is 11.6 Å². The van der Waals surface area contributed by atoms with Crippen molar-refractivity contribution in [3.8, 4) is 33.8 Å². The predicted molar refractivity (Wildman–Crippen MR) is 496 cm³/mol. The Morgan fingerprint density at radius 2 is 0.786 bits per heavy atom. The van der Waals surface area contributed by atoms with Gasteiger partial charge in [-0.25, -0.2) is 49.8 Å². The van der Waals surface area contributed by atoms with Gasteiger partial charge in [0.25, 0.3) is 0 Å². The first-order valence-electron chi connectivity index (χ1n) is 43.3. The molecule has 2 aliphatic heterocycles. The van der Waals surface area contributed by atoms with Crippen LogP contribution in [0.4, 0.5) is 29.7 Å². The molecule has 10 aromatic heterocycles. The topological polar surface area (TPSA) is 444 Å². The molecule has 22 rings (SSSR count). The Balaban J connectivity index is 0.000000118. The summed E-state index contributed by atoms with van der Waals surface area (Å²) < 4.78 is 3.03. The van der Waals surface area contributed by atoms with Crippen LogP contribution in [0.5, 0.6) is 0 Å². The minimum absolute atomic E-state index is 0. The molecular formula is C95H99ClN30O5. The first kappa shape index (κ1) is 88.9. The van der Waals surface area contributed by atoms with Crippen LogP contribution in [0.25, 0.3) is 33.8 Å². The van der Waals surface area contributed by atoms with Crippen molar-refractivity contribution in [3.63, 3.8) is 0 Å². The Labute approximate surface area is 761 Å². The third-order valence-electron chi connectivity index (χ3n) is 23.2. The van der Waals surface area contributed by atoms with E-state index < -0.39 is 5.97 Å². The van der Waals surface area contributed by atoms with Crippen molar-refractivity contribution in [1.29, 1.82) is 0 Å². The number of anilines is 5.